The van der Waals surface area contributed by atoms with Crippen LogP contribution in [0.1, 0.15) is 21.6 Å². The number of alkyl halides is 3. The van der Waals surface area contributed by atoms with Gasteiger partial charge >= 0.3 is 6.18 Å². The average Bonchev–Trinajstić information content (AvgIpc) is 3.11. The van der Waals surface area contributed by atoms with Crippen LogP contribution in [0.25, 0.3) is 5.69 Å². The maximum absolute atomic E-state index is 12.7. The molecule has 7 heteroatoms. The summed E-state index contributed by atoms with van der Waals surface area (Å²) in [6.45, 7) is 0.191. The van der Waals surface area contributed by atoms with Crippen molar-refractivity contribution in [3.8, 4) is 5.69 Å². The quantitative estimate of drug-likeness (QED) is 0.701. The Morgan fingerprint density at radius 1 is 1.08 bits per heavy atom. The van der Waals surface area contributed by atoms with Crippen LogP contribution in [0.2, 0.25) is 0 Å². The molecule has 3 aromatic rings. The van der Waals surface area contributed by atoms with Crippen LogP contribution in [0, 0.1) is 0 Å². The molecule has 0 N–H and O–H groups in total. The summed E-state index contributed by atoms with van der Waals surface area (Å²) in [4.78, 5) is 18.2. The maximum Gasteiger partial charge on any atom is 0.416 e. The zero-order valence-electron chi connectivity index (χ0n) is 13.9. The number of rotatable bonds is 4. The lowest BCUT2D eigenvalue weighted by Crippen LogP contribution is -2.28. The molecule has 0 saturated carbocycles. The third-order valence-electron chi connectivity index (χ3n) is 3.94. The van der Waals surface area contributed by atoms with Crippen molar-refractivity contribution in [2.24, 2.45) is 0 Å². The number of halogens is 3. The van der Waals surface area contributed by atoms with Crippen LogP contribution in [-0.4, -0.2) is 27.4 Å². The van der Waals surface area contributed by atoms with E-state index in [1.165, 1.54) is 23.2 Å². The summed E-state index contributed by atoms with van der Waals surface area (Å²) in [6, 6.07) is 14.1. The van der Waals surface area contributed by atoms with Gasteiger partial charge in [0, 0.05) is 19.3 Å². The Bertz CT molecular complexity index is 886. The van der Waals surface area contributed by atoms with E-state index < -0.39 is 11.7 Å². The van der Waals surface area contributed by atoms with Crippen molar-refractivity contribution in [1.82, 2.24) is 14.5 Å². The van der Waals surface area contributed by atoms with Gasteiger partial charge in [0.15, 0.2) is 0 Å². The first kappa shape index (κ1) is 17.7. The van der Waals surface area contributed by atoms with Gasteiger partial charge < -0.3 is 4.90 Å². The standard InChI is InChI=1S/C19H16F3N3O/c1-24(12-14-7-9-15(10-8-14)19(20,21)22)18(26)17-11-23-13-25(17)16-5-3-2-4-6-16/h2-11,13H,12H2,1H3. The fourth-order valence-electron chi connectivity index (χ4n) is 2.59. The van der Waals surface area contributed by atoms with Gasteiger partial charge in [-0.15, -0.1) is 0 Å². The molecule has 0 fully saturated rings. The molecular weight excluding hydrogens is 343 g/mol. The van der Waals surface area contributed by atoms with E-state index >= 15 is 0 Å². The highest BCUT2D eigenvalue weighted by molar-refractivity contribution is 5.92. The molecular formula is C19H16F3N3O. The minimum absolute atomic E-state index is 0.191. The van der Waals surface area contributed by atoms with Crippen LogP contribution in [0.3, 0.4) is 0 Å². The van der Waals surface area contributed by atoms with Crippen molar-refractivity contribution in [2.75, 3.05) is 7.05 Å². The Morgan fingerprint density at radius 3 is 2.35 bits per heavy atom. The van der Waals surface area contributed by atoms with E-state index in [0.29, 0.717) is 11.3 Å². The number of nitrogens with zero attached hydrogens (tertiary/aromatic N) is 3. The van der Waals surface area contributed by atoms with Crippen molar-refractivity contribution >= 4 is 5.91 Å². The summed E-state index contributed by atoms with van der Waals surface area (Å²) in [6.07, 6.45) is -1.35. The Balaban J connectivity index is 1.76. The Hall–Kier alpha value is -3.09. The van der Waals surface area contributed by atoms with Crippen LogP contribution < -0.4 is 0 Å². The number of imidazole rings is 1. The molecule has 134 valence electrons. The summed E-state index contributed by atoms with van der Waals surface area (Å²) in [5.41, 5.74) is 1.08. The summed E-state index contributed by atoms with van der Waals surface area (Å²) in [5.74, 6) is -0.272. The maximum atomic E-state index is 12.7. The molecule has 0 aliphatic carbocycles. The van der Waals surface area contributed by atoms with E-state index in [0.717, 1.165) is 17.8 Å². The van der Waals surface area contributed by atoms with E-state index in [1.54, 1.807) is 17.9 Å². The van der Waals surface area contributed by atoms with E-state index in [4.69, 9.17) is 0 Å². The first-order valence-corrected chi connectivity index (χ1v) is 7.85. The van der Waals surface area contributed by atoms with Crippen LogP contribution in [0.4, 0.5) is 13.2 Å². The molecule has 0 atom stereocenters. The average molecular weight is 359 g/mol. The van der Waals surface area contributed by atoms with E-state index in [9.17, 15) is 18.0 Å². The molecule has 26 heavy (non-hydrogen) atoms. The first-order chi connectivity index (χ1) is 12.4. The molecule has 0 spiro atoms. The molecule has 1 heterocycles. The molecule has 0 bridgehead atoms. The van der Waals surface area contributed by atoms with Crippen molar-refractivity contribution in [1.29, 1.82) is 0 Å². The molecule has 0 aliphatic rings. The minimum atomic E-state index is -4.37. The van der Waals surface area contributed by atoms with Crippen molar-refractivity contribution in [3.63, 3.8) is 0 Å². The fraction of sp³-hybridized carbons (Fsp3) is 0.158. The predicted molar refractivity (Wildman–Crippen MR) is 90.8 cm³/mol. The number of aromatic nitrogens is 2. The molecule has 0 saturated heterocycles. The predicted octanol–water partition coefficient (Wildman–Crippen LogP) is 4.16. The SMILES string of the molecule is CN(Cc1ccc(C(F)(F)F)cc1)C(=O)c1cncn1-c1ccccc1. The molecule has 0 radical (unpaired) electrons. The highest BCUT2D eigenvalue weighted by Gasteiger charge is 2.30. The number of carbonyl (C=O) groups is 1. The lowest BCUT2D eigenvalue weighted by Gasteiger charge is -2.18. The monoisotopic (exact) mass is 359 g/mol. The van der Waals surface area contributed by atoms with Crippen molar-refractivity contribution < 1.29 is 18.0 Å². The van der Waals surface area contributed by atoms with E-state index in [2.05, 4.69) is 4.98 Å². The van der Waals surface area contributed by atoms with Crippen LogP contribution in [-0.2, 0) is 12.7 Å². The first-order valence-electron chi connectivity index (χ1n) is 7.85. The Morgan fingerprint density at radius 2 is 1.73 bits per heavy atom. The summed E-state index contributed by atoms with van der Waals surface area (Å²) >= 11 is 0. The number of hydrogen-bond donors (Lipinski definition) is 0. The second-order valence-corrected chi connectivity index (χ2v) is 5.84. The number of hydrogen-bond acceptors (Lipinski definition) is 2. The van der Waals surface area contributed by atoms with Crippen LogP contribution in [0.15, 0.2) is 67.1 Å². The third-order valence-corrected chi connectivity index (χ3v) is 3.94. The number of carbonyl (C=O) groups excluding carboxylic acids is 1. The smallest absolute Gasteiger partial charge is 0.336 e. The fourth-order valence-corrected chi connectivity index (χ4v) is 2.59. The molecule has 2 aromatic carbocycles. The van der Waals surface area contributed by atoms with Gasteiger partial charge in [0.25, 0.3) is 5.91 Å². The highest BCUT2D eigenvalue weighted by Crippen LogP contribution is 2.29. The van der Waals surface area contributed by atoms with Gasteiger partial charge in [-0.3, -0.25) is 9.36 Å². The third kappa shape index (κ3) is 3.77. The summed E-state index contributed by atoms with van der Waals surface area (Å²) in [7, 11) is 1.60. The second-order valence-electron chi connectivity index (χ2n) is 5.84. The lowest BCUT2D eigenvalue weighted by atomic mass is 10.1. The summed E-state index contributed by atoms with van der Waals surface area (Å²) in [5, 5.41) is 0. The van der Waals surface area contributed by atoms with Gasteiger partial charge in [0.2, 0.25) is 0 Å². The molecule has 3 rings (SSSR count). The largest absolute Gasteiger partial charge is 0.416 e. The minimum Gasteiger partial charge on any atom is -0.336 e. The second kappa shape index (κ2) is 7.03. The Labute approximate surface area is 148 Å². The van der Waals surface area contributed by atoms with Gasteiger partial charge in [-0.1, -0.05) is 30.3 Å². The number of amides is 1. The number of para-hydroxylation sites is 1. The van der Waals surface area contributed by atoms with Gasteiger partial charge in [-0.05, 0) is 29.8 Å². The summed E-state index contributed by atoms with van der Waals surface area (Å²) < 4.78 is 39.6. The lowest BCUT2D eigenvalue weighted by molar-refractivity contribution is -0.137. The van der Waals surface area contributed by atoms with Crippen molar-refractivity contribution in [2.45, 2.75) is 12.7 Å². The van der Waals surface area contributed by atoms with Crippen LogP contribution >= 0.6 is 0 Å². The molecule has 1 amide bonds. The van der Waals surface area contributed by atoms with Gasteiger partial charge in [-0.2, -0.15) is 13.2 Å². The molecule has 0 unspecified atom stereocenters. The Kier molecular flexibility index (Phi) is 4.79. The molecule has 0 aliphatic heterocycles. The van der Waals surface area contributed by atoms with Gasteiger partial charge in [-0.25, -0.2) is 4.98 Å². The van der Waals surface area contributed by atoms with E-state index in [-0.39, 0.29) is 12.5 Å². The highest BCUT2D eigenvalue weighted by atomic mass is 19.4. The van der Waals surface area contributed by atoms with Gasteiger partial charge in [0.05, 0.1) is 18.1 Å². The molecule has 4 nitrogen and oxygen atoms in total. The van der Waals surface area contributed by atoms with Crippen LogP contribution in [0.5, 0.6) is 0 Å². The number of benzene rings is 2. The van der Waals surface area contributed by atoms with Crippen molar-refractivity contribution in [3.05, 3.63) is 83.9 Å². The van der Waals surface area contributed by atoms with Gasteiger partial charge in [0.1, 0.15) is 5.69 Å². The normalized spacial score (nSPS) is 11.4. The zero-order valence-corrected chi connectivity index (χ0v) is 13.9. The van der Waals surface area contributed by atoms with E-state index in [1.807, 2.05) is 30.3 Å². The molecule has 1 aromatic heterocycles. The zero-order chi connectivity index (χ0) is 18.7. The topological polar surface area (TPSA) is 38.1 Å².